The average Bonchev–Trinajstić information content (AvgIpc) is 3.55. The highest BCUT2D eigenvalue weighted by atomic mass is 35.5. The first-order chi connectivity index (χ1) is 19.9. The van der Waals surface area contributed by atoms with Crippen LogP contribution in [0.15, 0.2) is 79.0 Å². The molecule has 1 saturated heterocycles. The van der Waals surface area contributed by atoms with E-state index in [0.29, 0.717) is 28.1 Å². The van der Waals surface area contributed by atoms with Gasteiger partial charge in [-0.3, -0.25) is 13.8 Å². The predicted molar refractivity (Wildman–Crippen MR) is 168 cm³/mol. The van der Waals surface area contributed by atoms with Crippen molar-refractivity contribution >= 4 is 52.0 Å². The van der Waals surface area contributed by atoms with Crippen LogP contribution in [0.3, 0.4) is 0 Å². The molecule has 6 rings (SSSR count). The largest absolute Gasteiger partial charge is 0.303 e. The van der Waals surface area contributed by atoms with Gasteiger partial charge in [-0.1, -0.05) is 84.9 Å². The number of carbonyl (C=O) groups excluding carboxylic acids is 1. The molecule has 210 valence electrons. The molecule has 2 heterocycles. The van der Waals surface area contributed by atoms with E-state index in [9.17, 15) is 9.00 Å². The van der Waals surface area contributed by atoms with Crippen molar-refractivity contribution in [1.82, 2.24) is 14.3 Å². The summed E-state index contributed by atoms with van der Waals surface area (Å²) < 4.78 is 18.4. The van der Waals surface area contributed by atoms with Crippen LogP contribution in [0, 0.1) is 5.92 Å². The van der Waals surface area contributed by atoms with E-state index in [2.05, 4.69) is 41.1 Å². The second-order valence-electron chi connectivity index (χ2n) is 10.5. The van der Waals surface area contributed by atoms with Crippen molar-refractivity contribution in [3.63, 3.8) is 0 Å². The van der Waals surface area contributed by atoms with Crippen molar-refractivity contribution in [1.29, 1.82) is 0 Å². The molecule has 1 N–H and O–H groups in total. The van der Waals surface area contributed by atoms with Gasteiger partial charge in [0.1, 0.15) is 12.4 Å². The number of halogens is 2. The van der Waals surface area contributed by atoms with Crippen molar-refractivity contribution in [2.24, 2.45) is 5.92 Å². The van der Waals surface area contributed by atoms with Gasteiger partial charge in [-0.15, -0.1) is 0 Å². The molecule has 1 unspecified atom stereocenters. The summed E-state index contributed by atoms with van der Waals surface area (Å²) in [5.41, 5.74) is 5.35. The summed E-state index contributed by atoms with van der Waals surface area (Å²) in [7, 11) is 0. The number of allylic oxidation sites excluding steroid dienone is 1. The monoisotopic (exact) mass is 604 g/mol. The fraction of sp³-hybridized carbons (Fsp3) is 0.250. The summed E-state index contributed by atoms with van der Waals surface area (Å²) in [6.45, 7) is 0.0417. The molecule has 6 nitrogen and oxygen atoms in total. The first kappa shape index (κ1) is 27.8. The zero-order valence-corrected chi connectivity index (χ0v) is 24.8. The van der Waals surface area contributed by atoms with Crippen molar-refractivity contribution < 1.29 is 9.00 Å². The Morgan fingerprint density at radius 2 is 1.76 bits per heavy atom. The van der Waals surface area contributed by atoms with Gasteiger partial charge < -0.3 is 4.57 Å². The minimum absolute atomic E-state index is 0.0417. The van der Waals surface area contributed by atoms with E-state index in [0.717, 1.165) is 28.3 Å². The number of amides is 1. The lowest BCUT2D eigenvalue weighted by Crippen LogP contribution is -2.22. The Morgan fingerprint density at radius 1 is 0.976 bits per heavy atom. The fourth-order valence-corrected chi connectivity index (χ4v) is 6.87. The molecule has 1 amide bonds. The molecule has 41 heavy (non-hydrogen) atoms. The molecule has 3 aromatic carbocycles. The summed E-state index contributed by atoms with van der Waals surface area (Å²) >= 11 is 11.1. The van der Waals surface area contributed by atoms with Crippen LogP contribution in [-0.4, -0.2) is 26.2 Å². The third kappa shape index (κ3) is 6.43. The van der Waals surface area contributed by atoms with Crippen LogP contribution in [-0.2, 0) is 22.4 Å². The number of hydrogen-bond acceptors (Lipinski definition) is 3. The molecule has 0 radical (unpaired) electrons. The maximum absolute atomic E-state index is 12.4. The maximum Gasteiger partial charge on any atom is 0.253 e. The van der Waals surface area contributed by atoms with Gasteiger partial charge in [0.25, 0.3) is 5.91 Å². The second-order valence-corrected chi connectivity index (χ2v) is 12.5. The number of nitrogens with zero attached hydrogens (tertiary/aromatic N) is 3. The second kappa shape index (κ2) is 12.2. The first-order valence-electron chi connectivity index (χ1n) is 13.8. The van der Waals surface area contributed by atoms with Crippen LogP contribution in [0.25, 0.3) is 23.0 Å². The van der Waals surface area contributed by atoms with E-state index in [4.69, 9.17) is 28.2 Å². The van der Waals surface area contributed by atoms with E-state index < -0.39 is 11.2 Å². The van der Waals surface area contributed by atoms with Crippen molar-refractivity contribution in [2.75, 3.05) is 10.8 Å². The highest BCUT2D eigenvalue weighted by Gasteiger charge is 2.27. The van der Waals surface area contributed by atoms with Crippen LogP contribution >= 0.6 is 23.2 Å². The summed E-state index contributed by atoms with van der Waals surface area (Å²) in [5, 5.41) is 1.08. The zero-order chi connectivity index (χ0) is 28.3. The quantitative estimate of drug-likeness (QED) is 0.237. The number of hydrogen-bond donors (Lipinski definition) is 1. The van der Waals surface area contributed by atoms with Crippen LogP contribution in [0.1, 0.15) is 49.1 Å². The molecular weight excluding hydrogens is 575 g/mol. The third-order valence-electron chi connectivity index (χ3n) is 7.62. The molecule has 0 bridgehead atoms. The molecule has 1 saturated carbocycles. The summed E-state index contributed by atoms with van der Waals surface area (Å²) in [5.74, 6) is 1.25. The van der Waals surface area contributed by atoms with E-state index in [1.165, 1.54) is 37.7 Å². The van der Waals surface area contributed by atoms with Gasteiger partial charge in [0.2, 0.25) is 11.2 Å². The zero-order valence-electron chi connectivity index (χ0n) is 22.4. The fourth-order valence-electron chi connectivity index (χ4n) is 5.46. The number of carbonyl (C=O) groups is 1. The smallest absolute Gasteiger partial charge is 0.253 e. The number of imidazole rings is 1. The Kier molecular flexibility index (Phi) is 8.28. The van der Waals surface area contributed by atoms with E-state index in [1.807, 2.05) is 41.1 Å². The number of benzene rings is 3. The normalized spacial score (nSPS) is 17.9. The van der Waals surface area contributed by atoms with Gasteiger partial charge >= 0.3 is 0 Å². The van der Waals surface area contributed by atoms with Gasteiger partial charge in [-0.25, -0.2) is 9.19 Å². The minimum atomic E-state index is -1.61. The lowest BCUT2D eigenvalue weighted by Gasteiger charge is -2.17. The molecule has 2 fully saturated rings. The molecule has 1 aliphatic carbocycles. The van der Waals surface area contributed by atoms with Gasteiger partial charge in [0, 0.05) is 28.9 Å². The van der Waals surface area contributed by atoms with Crippen molar-refractivity contribution in [3.05, 3.63) is 106 Å². The average molecular weight is 606 g/mol. The Labute approximate surface area is 252 Å². The maximum atomic E-state index is 12.4. The molecule has 9 heteroatoms. The number of aromatic nitrogens is 2. The topological polar surface area (TPSA) is 67.2 Å². The van der Waals surface area contributed by atoms with Gasteiger partial charge in [-0.05, 0) is 66.3 Å². The first-order valence-corrected chi connectivity index (χ1v) is 15.7. The molecule has 1 aliphatic heterocycles. The molecule has 2 aliphatic rings. The van der Waals surface area contributed by atoms with Crippen molar-refractivity contribution in [2.45, 2.75) is 38.5 Å². The standard InChI is InChI=1S/C32H30Cl2N4O2S/c33-25-15-16-28(29(34)18-25)30-20-37(26-7-4-8-27(19-26)38-21-32(39)36-41(38)40)31(35-30)17-24-13-11-23(12-14-24)10-9-22-5-2-1-3-6-22/h4,7-16,18-20,22H,1-3,5-6,17,21H2,(H,36,39)/b10-9+. The van der Waals surface area contributed by atoms with Gasteiger partial charge in [0.15, 0.2) is 0 Å². The lowest BCUT2D eigenvalue weighted by atomic mass is 9.89. The SMILES string of the molecule is O=C1CN(c2cccc(-n3cc(-c4ccc(Cl)cc4Cl)nc3Cc3ccc(/C=C/C4CCCCC4)cc3)c2)S(=O)N1. The highest BCUT2D eigenvalue weighted by molar-refractivity contribution is 7.85. The van der Waals surface area contributed by atoms with Gasteiger partial charge in [0.05, 0.1) is 16.4 Å². The molecular formula is C32H30Cl2N4O2S. The van der Waals surface area contributed by atoms with E-state index in [-0.39, 0.29) is 12.5 Å². The molecule has 1 atom stereocenters. The molecule has 1 aromatic heterocycles. The summed E-state index contributed by atoms with van der Waals surface area (Å²) in [6.07, 6.45) is 13.8. The van der Waals surface area contributed by atoms with Crippen LogP contribution in [0.2, 0.25) is 10.0 Å². The van der Waals surface area contributed by atoms with Crippen molar-refractivity contribution in [3.8, 4) is 16.9 Å². The van der Waals surface area contributed by atoms with Crippen LogP contribution in [0.5, 0.6) is 0 Å². The highest BCUT2D eigenvalue weighted by Crippen LogP contribution is 2.32. The lowest BCUT2D eigenvalue weighted by molar-refractivity contribution is -0.117. The number of nitrogens with one attached hydrogen (secondary N) is 1. The third-order valence-corrected chi connectivity index (χ3v) is 9.31. The summed E-state index contributed by atoms with van der Waals surface area (Å²) in [6, 6.07) is 21.6. The Hall–Kier alpha value is -3.39. The van der Waals surface area contributed by atoms with Gasteiger partial charge in [-0.2, -0.15) is 0 Å². The molecule has 4 aromatic rings. The van der Waals surface area contributed by atoms with Crippen LogP contribution in [0.4, 0.5) is 5.69 Å². The Bertz CT molecular complexity index is 1630. The molecule has 0 spiro atoms. The summed E-state index contributed by atoms with van der Waals surface area (Å²) in [4.78, 5) is 16.8. The van der Waals surface area contributed by atoms with Crippen LogP contribution < -0.4 is 9.03 Å². The minimum Gasteiger partial charge on any atom is -0.303 e. The van der Waals surface area contributed by atoms with E-state index >= 15 is 0 Å². The Morgan fingerprint density at radius 3 is 2.49 bits per heavy atom. The number of rotatable bonds is 7. The predicted octanol–water partition coefficient (Wildman–Crippen LogP) is 7.55. The number of anilines is 1. The Balaban J connectivity index is 1.32. The van der Waals surface area contributed by atoms with E-state index in [1.54, 1.807) is 16.4 Å².